The maximum atomic E-state index is 12.3. The van der Waals surface area contributed by atoms with Gasteiger partial charge >= 0.3 is 0 Å². The number of nitrogens with one attached hydrogen (secondary N) is 2. The number of hydrogen-bond acceptors (Lipinski definition) is 5. The molecule has 0 spiro atoms. The van der Waals surface area contributed by atoms with Crippen LogP contribution in [-0.4, -0.2) is 30.8 Å². The average Bonchev–Trinajstić information content (AvgIpc) is 2.70. The summed E-state index contributed by atoms with van der Waals surface area (Å²) in [5.41, 5.74) is 6.83. The zero-order valence-corrected chi connectivity index (χ0v) is 17.4. The topological polar surface area (TPSA) is 76.7 Å². The van der Waals surface area contributed by atoms with Crippen LogP contribution in [-0.2, 0) is 5.75 Å². The van der Waals surface area contributed by atoms with Crippen LogP contribution in [0.15, 0.2) is 42.5 Å². The van der Waals surface area contributed by atoms with Gasteiger partial charge in [-0.3, -0.25) is 20.4 Å². The minimum atomic E-state index is -0.446. The summed E-state index contributed by atoms with van der Waals surface area (Å²) in [6.45, 7) is 5.92. The Balaban J connectivity index is 1.96. The molecular weight excluding hydrogens is 376 g/mol. The lowest BCUT2D eigenvalue weighted by atomic mass is 10.1. The van der Waals surface area contributed by atoms with Crippen molar-refractivity contribution in [2.75, 3.05) is 12.9 Å². The molecule has 0 aliphatic rings. The van der Waals surface area contributed by atoms with Crippen molar-refractivity contribution in [1.82, 2.24) is 10.9 Å². The third-order valence-corrected chi connectivity index (χ3v) is 4.71. The molecule has 2 aromatic carbocycles. The Morgan fingerprint density at radius 2 is 1.57 bits per heavy atom. The third kappa shape index (κ3) is 6.20. The van der Waals surface area contributed by atoms with Crippen molar-refractivity contribution in [2.45, 2.75) is 32.6 Å². The molecule has 0 aliphatic carbocycles. The lowest BCUT2D eigenvalue weighted by Gasteiger charge is -2.14. The van der Waals surface area contributed by atoms with Gasteiger partial charge in [0.15, 0.2) is 11.5 Å². The Bertz CT molecular complexity index is 807. The molecule has 150 valence electrons. The van der Waals surface area contributed by atoms with E-state index in [0.717, 1.165) is 17.1 Å². The van der Waals surface area contributed by atoms with E-state index in [4.69, 9.17) is 9.47 Å². The van der Waals surface area contributed by atoms with Gasteiger partial charge in [0.1, 0.15) is 0 Å². The van der Waals surface area contributed by atoms with Gasteiger partial charge in [0.2, 0.25) is 0 Å². The van der Waals surface area contributed by atoms with Gasteiger partial charge in [-0.2, -0.15) is 11.8 Å². The molecule has 2 aromatic rings. The van der Waals surface area contributed by atoms with Gasteiger partial charge in [-0.25, -0.2) is 0 Å². The molecule has 6 nitrogen and oxygen atoms in total. The second-order valence-corrected chi connectivity index (χ2v) is 7.55. The van der Waals surface area contributed by atoms with Crippen LogP contribution in [0.5, 0.6) is 11.5 Å². The van der Waals surface area contributed by atoms with Crippen LogP contribution in [0.4, 0.5) is 0 Å². The van der Waals surface area contributed by atoms with Crippen LogP contribution < -0.4 is 20.3 Å². The fourth-order valence-corrected chi connectivity index (χ4v) is 3.02. The van der Waals surface area contributed by atoms with E-state index in [1.807, 2.05) is 37.7 Å². The SMILES string of the molecule is CCSCc1ccc(C(=O)NNC(=O)c2ccc(OC(C)C)c(OC)c2)cc1. The highest BCUT2D eigenvalue weighted by Gasteiger charge is 2.13. The molecule has 0 aromatic heterocycles. The number of thioether (sulfide) groups is 1. The minimum absolute atomic E-state index is 0.0141. The highest BCUT2D eigenvalue weighted by atomic mass is 32.2. The minimum Gasteiger partial charge on any atom is -0.493 e. The summed E-state index contributed by atoms with van der Waals surface area (Å²) in [7, 11) is 1.51. The molecule has 28 heavy (non-hydrogen) atoms. The highest BCUT2D eigenvalue weighted by molar-refractivity contribution is 7.98. The number of rotatable bonds is 8. The third-order valence-electron chi connectivity index (χ3n) is 3.77. The lowest BCUT2D eigenvalue weighted by molar-refractivity contribution is 0.0846. The molecule has 0 radical (unpaired) electrons. The quantitative estimate of drug-likeness (QED) is 0.657. The number of carbonyl (C=O) groups excluding carboxylic acids is 2. The van der Waals surface area contributed by atoms with Crippen LogP contribution in [0.25, 0.3) is 0 Å². The first-order chi connectivity index (χ1) is 13.4. The van der Waals surface area contributed by atoms with Crippen LogP contribution in [0, 0.1) is 0 Å². The summed E-state index contributed by atoms with van der Waals surface area (Å²) in [6, 6.07) is 12.2. The Kier molecular flexibility index (Phi) is 8.19. The van der Waals surface area contributed by atoms with Crippen molar-refractivity contribution >= 4 is 23.6 Å². The second kappa shape index (κ2) is 10.6. The first-order valence-electron chi connectivity index (χ1n) is 9.06. The Labute approximate surface area is 170 Å². The van der Waals surface area contributed by atoms with Gasteiger partial charge < -0.3 is 9.47 Å². The van der Waals surface area contributed by atoms with Gasteiger partial charge in [-0.15, -0.1) is 0 Å². The predicted molar refractivity (Wildman–Crippen MR) is 112 cm³/mol. The maximum Gasteiger partial charge on any atom is 0.269 e. The molecule has 0 bridgehead atoms. The summed E-state index contributed by atoms with van der Waals surface area (Å²) in [5.74, 6) is 2.14. The van der Waals surface area contributed by atoms with Gasteiger partial charge in [-0.05, 0) is 55.5 Å². The van der Waals surface area contributed by atoms with E-state index in [-0.39, 0.29) is 12.0 Å². The van der Waals surface area contributed by atoms with Gasteiger partial charge in [0.05, 0.1) is 13.2 Å². The first-order valence-corrected chi connectivity index (χ1v) is 10.2. The monoisotopic (exact) mass is 402 g/mol. The van der Waals surface area contributed by atoms with Crippen molar-refractivity contribution in [3.05, 3.63) is 59.2 Å². The molecule has 0 aliphatic heterocycles. The Morgan fingerprint density at radius 3 is 2.14 bits per heavy atom. The standard InChI is InChI=1S/C21H26N2O4S/c1-5-28-13-15-6-8-16(9-7-15)20(24)22-23-21(25)17-10-11-18(27-14(2)3)19(12-17)26-4/h6-12,14H,5,13H2,1-4H3,(H,22,24)(H,23,25). The van der Waals surface area contributed by atoms with Gasteiger partial charge in [0, 0.05) is 16.9 Å². The van der Waals surface area contributed by atoms with Crippen LogP contribution in [0.1, 0.15) is 47.1 Å². The number of benzene rings is 2. The average molecular weight is 403 g/mol. The Morgan fingerprint density at radius 1 is 0.964 bits per heavy atom. The number of methoxy groups -OCH3 is 1. The smallest absolute Gasteiger partial charge is 0.269 e. The number of ether oxygens (including phenoxy) is 2. The fraction of sp³-hybridized carbons (Fsp3) is 0.333. The van der Waals surface area contributed by atoms with E-state index >= 15 is 0 Å². The van der Waals surface area contributed by atoms with E-state index in [2.05, 4.69) is 17.8 Å². The zero-order valence-electron chi connectivity index (χ0n) is 16.6. The molecule has 0 atom stereocenters. The molecule has 0 saturated heterocycles. The van der Waals surface area contributed by atoms with Gasteiger partial charge in [-0.1, -0.05) is 19.1 Å². The number of amides is 2. The zero-order chi connectivity index (χ0) is 20.5. The first kappa shape index (κ1) is 21.6. The summed E-state index contributed by atoms with van der Waals surface area (Å²) in [4.78, 5) is 24.6. The molecule has 2 N–H and O–H groups in total. The number of hydrazine groups is 1. The largest absolute Gasteiger partial charge is 0.493 e. The van der Waals surface area contributed by atoms with Crippen molar-refractivity contribution < 1.29 is 19.1 Å². The van der Waals surface area contributed by atoms with E-state index in [9.17, 15) is 9.59 Å². The lowest BCUT2D eigenvalue weighted by Crippen LogP contribution is -2.41. The molecule has 0 fully saturated rings. The number of hydrogen-bond donors (Lipinski definition) is 2. The normalized spacial score (nSPS) is 10.5. The highest BCUT2D eigenvalue weighted by Crippen LogP contribution is 2.28. The van der Waals surface area contributed by atoms with Crippen LogP contribution >= 0.6 is 11.8 Å². The molecule has 2 rings (SSSR count). The summed E-state index contributed by atoms with van der Waals surface area (Å²) >= 11 is 1.82. The van der Waals surface area contributed by atoms with Gasteiger partial charge in [0.25, 0.3) is 11.8 Å². The van der Waals surface area contributed by atoms with E-state index in [0.29, 0.717) is 22.6 Å². The summed E-state index contributed by atoms with van der Waals surface area (Å²) < 4.78 is 10.9. The second-order valence-electron chi connectivity index (χ2n) is 6.27. The van der Waals surface area contributed by atoms with E-state index in [1.54, 1.807) is 30.3 Å². The maximum absolute atomic E-state index is 12.3. The molecule has 7 heteroatoms. The van der Waals surface area contributed by atoms with E-state index < -0.39 is 5.91 Å². The molecule has 0 unspecified atom stereocenters. The van der Waals surface area contributed by atoms with Crippen LogP contribution in [0.2, 0.25) is 0 Å². The predicted octanol–water partition coefficient (Wildman–Crippen LogP) is 3.81. The Hall–Kier alpha value is -2.67. The van der Waals surface area contributed by atoms with Crippen LogP contribution in [0.3, 0.4) is 0 Å². The molecule has 0 heterocycles. The molecule has 2 amide bonds. The fourth-order valence-electron chi connectivity index (χ4n) is 2.39. The molecule has 0 saturated carbocycles. The van der Waals surface area contributed by atoms with Crippen molar-refractivity contribution in [3.8, 4) is 11.5 Å². The summed E-state index contributed by atoms with van der Waals surface area (Å²) in [6.07, 6.45) is -0.0141. The molecular formula is C21H26N2O4S. The van der Waals surface area contributed by atoms with Crippen molar-refractivity contribution in [2.24, 2.45) is 0 Å². The van der Waals surface area contributed by atoms with Crippen molar-refractivity contribution in [3.63, 3.8) is 0 Å². The number of carbonyl (C=O) groups is 2. The summed E-state index contributed by atoms with van der Waals surface area (Å²) in [5, 5.41) is 0. The van der Waals surface area contributed by atoms with E-state index in [1.165, 1.54) is 7.11 Å². The van der Waals surface area contributed by atoms with Crippen molar-refractivity contribution in [1.29, 1.82) is 0 Å².